The van der Waals surface area contributed by atoms with E-state index in [1.54, 1.807) is 6.08 Å². The van der Waals surface area contributed by atoms with Crippen molar-refractivity contribution in [2.45, 2.75) is 6.92 Å². The third-order valence-corrected chi connectivity index (χ3v) is 1.76. The third-order valence-electron chi connectivity index (χ3n) is 1.76. The lowest BCUT2D eigenvalue weighted by Gasteiger charge is -2.07. The largest absolute Gasteiger partial charge is 0.395 e. The lowest BCUT2D eigenvalue weighted by Crippen LogP contribution is -2.14. The Balaban J connectivity index is 2.84. The molecule has 0 radical (unpaired) electrons. The van der Waals surface area contributed by atoms with Crippen LogP contribution in [0.15, 0.2) is 6.08 Å². The summed E-state index contributed by atoms with van der Waals surface area (Å²) in [5.74, 6) is 1.30. The highest BCUT2D eigenvalue weighted by Gasteiger charge is 2.03. The van der Waals surface area contributed by atoms with Crippen molar-refractivity contribution >= 4 is 18.0 Å². The number of hydrogen-bond acceptors (Lipinski definition) is 7. The number of hydrogen-bond donors (Lipinski definition) is 4. The summed E-state index contributed by atoms with van der Waals surface area (Å²) in [6.07, 6.45) is 3.57. The summed E-state index contributed by atoms with van der Waals surface area (Å²) < 4.78 is 0. The van der Waals surface area contributed by atoms with Crippen LogP contribution in [0.5, 0.6) is 0 Å². The summed E-state index contributed by atoms with van der Waals surface area (Å²) in [4.78, 5) is 12.4. The van der Waals surface area contributed by atoms with Crippen LogP contribution in [-0.2, 0) is 0 Å². The maximum absolute atomic E-state index is 8.71. The maximum Gasteiger partial charge on any atom is 0.228 e. The third kappa shape index (κ3) is 4.75. The molecular formula is C10H17N5O2. The summed E-state index contributed by atoms with van der Waals surface area (Å²) in [6, 6.07) is 0. The molecule has 0 unspecified atom stereocenters. The van der Waals surface area contributed by atoms with Gasteiger partial charge in [0.25, 0.3) is 0 Å². The summed E-state index contributed by atoms with van der Waals surface area (Å²) >= 11 is 0. The number of allylic oxidation sites excluding steroid dienone is 1. The van der Waals surface area contributed by atoms with Crippen LogP contribution in [0.4, 0.5) is 11.9 Å². The van der Waals surface area contributed by atoms with Crippen molar-refractivity contribution in [1.29, 1.82) is 0 Å². The molecule has 0 aliphatic heterocycles. The highest BCUT2D eigenvalue weighted by molar-refractivity contribution is 5.45. The minimum Gasteiger partial charge on any atom is -0.395 e. The van der Waals surface area contributed by atoms with Crippen LogP contribution in [0, 0.1) is 0 Å². The van der Waals surface area contributed by atoms with Gasteiger partial charge in [-0.1, -0.05) is 6.08 Å². The smallest absolute Gasteiger partial charge is 0.228 e. The van der Waals surface area contributed by atoms with E-state index in [1.165, 1.54) is 0 Å². The van der Waals surface area contributed by atoms with Gasteiger partial charge >= 0.3 is 0 Å². The van der Waals surface area contributed by atoms with Crippen LogP contribution in [-0.4, -0.2) is 51.5 Å². The lowest BCUT2D eigenvalue weighted by molar-refractivity contribution is 0.310. The first kappa shape index (κ1) is 13.3. The number of aliphatic hydroxyl groups is 2. The van der Waals surface area contributed by atoms with Gasteiger partial charge in [-0.3, -0.25) is 0 Å². The minimum absolute atomic E-state index is 0.00400. The Morgan fingerprint density at radius 3 is 1.94 bits per heavy atom. The Hall–Kier alpha value is -1.73. The molecule has 0 aromatic carbocycles. The van der Waals surface area contributed by atoms with Crippen molar-refractivity contribution in [3.8, 4) is 0 Å². The van der Waals surface area contributed by atoms with Gasteiger partial charge in [0.05, 0.1) is 13.2 Å². The van der Waals surface area contributed by atoms with E-state index in [4.69, 9.17) is 10.2 Å². The Kier molecular flexibility index (Phi) is 5.91. The monoisotopic (exact) mass is 239 g/mol. The quantitative estimate of drug-likeness (QED) is 0.518. The van der Waals surface area contributed by atoms with E-state index in [2.05, 4.69) is 25.6 Å². The molecule has 0 aliphatic rings. The Morgan fingerprint density at radius 2 is 1.53 bits per heavy atom. The molecule has 0 fully saturated rings. The van der Waals surface area contributed by atoms with Gasteiger partial charge in [0.15, 0.2) is 5.82 Å². The first-order valence-electron chi connectivity index (χ1n) is 5.38. The van der Waals surface area contributed by atoms with E-state index in [0.29, 0.717) is 30.8 Å². The molecule has 0 atom stereocenters. The van der Waals surface area contributed by atoms with Crippen LogP contribution in [0.25, 0.3) is 6.08 Å². The van der Waals surface area contributed by atoms with Crippen molar-refractivity contribution in [2.24, 2.45) is 0 Å². The first-order valence-corrected chi connectivity index (χ1v) is 5.38. The zero-order chi connectivity index (χ0) is 12.5. The molecule has 0 aliphatic carbocycles. The standard InChI is InChI=1S/C10H17N5O2/c1-2-3-8-13-9(11-4-6-16)15-10(14-8)12-5-7-17/h2-3,16-17H,4-7H2,1H3,(H2,11,12,13,14,15). The molecule has 4 N–H and O–H groups in total. The zero-order valence-corrected chi connectivity index (χ0v) is 9.72. The second-order valence-corrected chi connectivity index (χ2v) is 3.14. The fourth-order valence-corrected chi connectivity index (χ4v) is 1.11. The fraction of sp³-hybridized carbons (Fsp3) is 0.500. The lowest BCUT2D eigenvalue weighted by atomic mass is 10.5. The molecule has 1 rings (SSSR count). The molecule has 0 spiro atoms. The van der Waals surface area contributed by atoms with E-state index in [0.717, 1.165) is 0 Å². The van der Waals surface area contributed by atoms with Gasteiger partial charge in [-0.2, -0.15) is 15.0 Å². The first-order chi connectivity index (χ1) is 8.30. The predicted octanol–water partition coefficient (Wildman–Crippen LogP) is -0.287. The molecule has 0 saturated heterocycles. The number of aromatic nitrogens is 3. The van der Waals surface area contributed by atoms with Gasteiger partial charge in [-0.05, 0) is 13.0 Å². The van der Waals surface area contributed by atoms with Gasteiger partial charge in [-0.15, -0.1) is 0 Å². The van der Waals surface area contributed by atoms with Gasteiger partial charge < -0.3 is 20.8 Å². The molecular weight excluding hydrogens is 222 g/mol. The van der Waals surface area contributed by atoms with Gasteiger partial charge in [-0.25, -0.2) is 0 Å². The van der Waals surface area contributed by atoms with Crippen LogP contribution in [0.3, 0.4) is 0 Å². The number of rotatable bonds is 7. The molecule has 94 valence electrons. The van der Waals surface area contributed by atoms with Crippen molar-refractivity contribution in [3.05, 3.63) is 11.9 Å². The second kappa shape index (κ2) is 7.53. The maximum atomic E-state index is 8.71. The van der Waals surface area contributed by atoms with E-state index in [1.807, 2.05) is 13.0 Å². The van der Waals surface area contributed by atoms with E-state index in [-0.39, 0.29) is 13.2 Å². The molecule has 7 heteroatoms. The van der Waals surface area contributed by atoms with E-state index >= 15 is 0 Å². The van der Waals surface area contributed by atoms with E-state index in [9.17, 15) is 0 Å². The number of nitrogens with zero attached hydrogens (tertiary/aromatic N) is 3. The van der Waals surface area contributed by atoms with E-state index < -0.39 is 0 Å². The Labute approximate surface area is 99.6 Å². The molecule has 1 heterocycles. The highest BCUT2D eigenvalue weighted by atomic mass is 16.3. The average molecular weight is 239 g/mol. The fourth-order valence-electron chi connectivity index (χ4n) is 1.11. The normalized spacial score (nSPS) is 10.8. The van der Waals surface area contributed by atoms with Crippen molar-refractivity contribution in [1.82, 2.24) is 15.0 Å². The molecule has 1 aromatic heterocycles. The average Bonchev–Trinajstić information content (AvgIpc) is 2.34. The molecule has 17 heavy (non-hydrogen) atoms. The number of anilines is 2. The SMILES string of the molecule is CC=Cc1nc(NCCO)nc(NCCO)n1. The van der Waals surface area contributed by atoms with Gasteiger partial charge in [0.2, 0.25) is 11.9 Å². The topological polar surface area (TPSA) is 103 Å². The molecule has 0 saturated carbocycles. The number of nitrogens with one attached hydrogen (secondary N) is 2. The summed E-state index contributed by atoms with van der Waals surface area (Å²) in [7, 11) is 0. The second-order valence-electron chi connectivity index (χ2n) is 3.14. The van der Waals surface area contributed by atoms with Crippen LogP contribution in [0.2, 0.25) is 0 Å². The van der Waals surface area contributed by atoms with Gasteiger partial charge in [0.1, 0.15) is 0 Å². The van der Waals surface area contributed by atoms with Crippen LogP contribution >= 0.6 is 0 Å². The van der Waals surface area contributed by atoms with Crippen molar-refractivity contribution in [2.75, 3.05) is 36.9 Å². The summed E-state index contributed by atoms with van der Waals surface area (Å²) in [5, 5.41) is 23.2. The van der Waals surface area contributed by atoms with Crippen LogP contribution < -0.4 is 10.6 Å². The summed E-state index contributed by atoms with van der Waals surface area (Å²) in [6.45, 7) is 2.62. The molecule has 0 bridgehead atoms. The number of aliphatic hydroxyl groups excluding tert-OH is 2. The molecule has 0 amide bonds. The van der Waals surface area contributed by atoms with Crippen LogP contribution in [0.1, 0.15) is 12.7 Å². The Morgan fingerprint density at radius 1 is 1.00 bits per heavy atom. The minimum atomic E-state index is 0.00400. The van der Waals surface area contributed by atoms with Crippen molar-refractivity contribution in [3.63, 3.8) is 0 Å². The van der Waals surface area contributed by atoms with Crippen molar-refractivity contribution < 1.29 is 10.2 Å². The Bertz CT molecular complexity index is 343. The summed E-state index contributed by atoms with van der Waals surface area (Å²) in [5.41, 5.74) is 0. The molecule has 1 aromatic rings. The highest BCUT2D eigenvalue weighted by Crippen LogP contribution is 2.06. The van der Waals surface area contributed by atoms with Gasteiger partial charge in [0, 0.05) is 13.1 Å². The molecule has 7 nitrogen and oxygen atoms in total. The zero-order valence-electron chi connectivity index (χ0n) is 9.72. The predicted molar refractivity (Wildman–Crippen MR) is 65.7 cm³/mol.